The lowest BCUT2D eigenvalue weighted by atomic mass is 9.58. The second kappa shape index (κ2) is 3.76. The van der Waals surface area contributed by atoms with Crippen LogP contribution >= 0.6 is 0 Å². The minimum absolute atomic E-state index is 0.283. The van der Waals surface area contributed by atoms with Crippen molar-refractivity contribution in [2.45, 2.75) is 72.8 Å². The van der Waals surface area contributed by atoms with Gasteiger partial charge in [-0.15, -0.1) is 0 Å². The van der Waals surface area contributed by atoms with E-state index in [-0.39, 0.29) is 10.8 Å². The Bertz CT molecular complexity index is 209. The van der Waals surface area contributed by atoms with Gasteiger partial charge >= 0.3 is 0 Å². The van der Waals surface area contributed by atoms with E-state index < -0.39 is 5.60 Å². The summed E-state index contributed by atoms with van der Waals surface area (Å²) in [7, 11) is 0. The van der Waals surface area contributed by atoms with E-state index in [0.29, 0.717) is 5.92 Å². The monoisotopic (exact) mass is 212 g/mol. The Morgan fingerprint density at radius 1 is 0.933 bits per heavy atom. The summed E-state index contributed by atoms with van der Waals surface area (Å²) in [4.78, 5) is 0. The second-order valence-corrected chi connectivity index (χ2v) is 7.68. The Labute approximate surface area is 95.3 Å². The Kier molecular flexibility index (Phi) is 3.27. The first-order valence-electron chi connectivity index (χ1n) is 6.26. The van der Waals surface area contributed by atoms with Gasteiger partial charge in [-0.3, -0.25) is 0 Å². The SMILES string of the molecule is CC(C)CC1(O)CC(C)(C)CC(C)(C)C1. The first kappa shape index (κ1) is 13.0. The van der Waals surface area contributed by atoms with Crippen molar-refractivity contribution in [3.63, 3.8) is 0 Å². The third-order valence-corrected chi connectivity index (χ3v) is 3.36. The second-order valence-electron chi connectivity index (χ2n) is 7.68. The van der Waals surface area contributed by atoms with E-state index in [1.54, 1.807) is 0 Å². The van der Waals surface area contributed by atoms with Gasteiger partial charge in [0.1, 0.15) is 0 Å². The Morgan fingerprint density at radius 3 is 1.67 bits per heavy atom. The van der Waals surface area contributed by atoms with Crippen molar-refractivity contribution in [3.05, 3.63) is 0 Å². The van der Waals surface area contributed by atoms with Crippen LogP contribution in [0.15, 0.2) is 0 Å². The molecular formula is C14H28O. The maximum absolute atomic E-state index is 10.7. The molecule has 90 valence electrons. The van der Waals surface area contributed by atoms with Crippen molar-refractivity contribution >= 4 is 0 Å². The maximum Gasteiger partial charge on any atom is 0.0660 e. The maximum atomic E-state index is 10.7. The molecule has 1 aliphatic carbocycles. The van der Waals surface area contributed by atoms with Crippen molar-refractivity contribution < 1.29 is 5.11 Å². The van der Waals surface area contributed by atoms with Gasteiger partial charge in [0.05, 0.1) is 5.60 Å². The largest absolute Gasteiger partial charge is 0.390 e. The Morgan fingerprint density at radius 2 is 1.33 bits per heavy atom. The standard InChI is InChI=1S/C14H28O/c1-11(2)7-14(15)9-12(3,4)8-13(5,6)10-14/h11,15H,7-10H2,1-6H3. The van der Waals surface area contributed by atoms with Gasteiger partial charge < -0.3 is 5.11 Å². The summed E-state index contributed by atoms with van der Waals surface area (Å²) < 4.78 is 0. The van der Waals surface area contributed by atoms with Gasteiger partial charge in [0.2, 0.25) is 0 Å². The summed E-state index contributed by atoms with van der Waals surface area (Å²) in [5, 5.41) is 10.7. The van der Waals surface area contributed by atoms with Crippen molar-refractivity contribution in [1.82, 2.24) is 0 Å². The molecular weight excluding hydrogens is 184 g/mol. The van der Waals surface area contributed by atoms with Gasteiger partial charge in [-0.25, -0.2) is 0 Å². The molecule has 1 aliphatic rings. The topological polar surface area (TPSA) is 20.2 Å². The zero-order valence-corrected chi connectivity index (χ0v) is 11.4. The fourth-order valence-electron chi connectivity index (χ4n) is 4.17. The molecule has 0 radical (unpaired) electrons. The molecule has 0 aromatic carbocycles. The Hall–Kier alpha value is -0.0400. The van der Waals surface area contributed by atoms with E-state index in [1.165, 1.54) is 6.42 Å². The number of hydrogen-bond donors (Lipinski definition) is 1. The lowest BCUT2D eigenvalue weighted by Gasteiger charge is -2.50. The zero-order valence-electron chi connectivity index (χ0n) is 11.4. The van der Waals surface area contributed by atoms with E-state index in [1.807, 2.05) is 0 Å². The molecule has 0 aromatic rings. The van der Waals surface area contributed by atoms with Crippen molar-refractivity contribution in [2.75, 3.05) is 0 Å². The third-order valence-electron chi connectivity index (χ3n) is 3.36. The molecule has 0 aliphatic heterocycles. The average molecular weight is 212 g/mol. The molecule has 0 aromatic heterocycles. The van der Waals surface area contributed by atoms with Crippen LogP contribution in [0.2, 0.25) is 0 Å². The van der Waals surface area contributed by atoms with E-state index in [9.17, 15) is 5.11 Å². The molecule has 0 amide bonds. The number of aliphatic hydroxyl groups is 1. The fourth-order valence-corrected chi connectivity index (χ4v) is 4.17. The predicted octanol–water partition coefficient (Wildman–Crippen LogP) is 4.00. The van der Waals surface area contributed by atoms with Gasteiger partial charge in [0.25, 0.3) is 0 Å². The van der Waals surface area contributed by atoms with Crippen LogP contribution in [0.4, 0.5) is 0 Å². The molecule has 0 atom stereocenters. The first-order valence-corrected chi connectivity index (χ1v) is 6.26. The van der Waals surface area contributed by atoms with Crippen molar-refractivity contribution in [3.8, 4) is 0 Å². The summed E-state index contributed by atoms with van der Waals surface area (Å²) in [6.07, 6.45) is 4.09. The molecule has 1 nitrogen and oxygen atoms in total. The van der Waals surface area contributed by atoms with Crippen LogP contribution in [0.3, 0.4) is 0 Å². The number of rotatable bonds is 2. The van der Waals surface area contributed by atoms with Crippen molar-refractivity contribution in [1.29, 1.82) is 0 Å². The molecule has 0 heterocycles. The molecule has 1 rings (SSSR count). The van der Waals surface area contributed by atoms with Gasteiger partial charge in [0, 0.05) is 0 Å². The van der Waals surface area contributed by atoms with Crippen LogP contribution in [0.25, 0.3) is 0 Å². The summed E-state index contributed by atoms with van der Waals surface area (Å²) >= 11 is 0. The summed E-state index contributed by atoms with van der Waals surface area (Å²) in [5.41, 5.74) is 0.135. The highest BCUT2D eigenvalue weighted by atomic mass is 16.3. The molecule has 1 fully saturated rings. The highest BCUT2D eigenvalue weighted by Crippen LogP contribution is 2.51. The molecule has 0 spiro atoms. The fraction of sp³-hybridized carbons (Fsp3) is 1.00. The molecule has 0 bridgehead atoms. The minimum atomic E-state index is -0.431. The quantitative estimate of drug-likeness (QED) is 0.733. The summed E-state index contributed by atoms with van der Waals surface area (Å²) in [5.74, 6) is 0.583. The van der Waals surface area contributed by atoms with Crippen LogP contribution < -0.4 is 0 Å². The average Bonchev–Trinajstić information content (AvgIpc) is 1.70. The highest BCUT2D eigenvalue weighted by molar-refractivity contribution is 4.98. The van der Waals surface area contributed by atoms with E-state index in [0.717, 1.165) is 19.3 Å². The van der Waals surface area contributed by atoms with E-state index >= 15 is 0 Å². The van der Waals surface area contributed by atoms with Crippen LogP contribution in [0.5, 0.6) is 0 Å². The highest BCUT2D eigenvalue weighted by Gasteiger charge is 2.46. The van der Waals surface area contributed by atoms with Gasteiger partial charge in [0.15, 0.2) is 0 Å². The van der Waals surface area contributed by atoms with Crippen molar-refractivity contribution in [2.24, 2.45) is 16.7 Å². The van der Waals surface area contributed by atoms with E-state index in [4.69, 9.17) is 0 Å². The normalized spacial score (nSPS) is 28.0. The zero-order chi connectivity index (χ0) is 11.9. The van der Waals surface area contributed by atoms with Gasteiger partial charge in [-0.05, 0) is 42.4 Å². The van der Waals surface area contributed by atoms with Crippen LogP contribution in [0.1, 0.15) is 67.2 Å². The first-order chi connectivity index (χ1) is 6.54. The van der Waals surface area contributed by atoms with Crippen LogP contribution in [-0.2, 0) is 0 Å². The molecule has 0 saturated heterocycles. The van der Waals surface area contributed by atoms with Crippen LogP contribution in [-0.4, -0.2) is 10.7 Å². The molecule has 1 heteroatoms. The molecule has 1 N–H and O–H groups in total. The Balaban J connectivity index is 2.82. The number of hydrogen-bond acceptors (Lipinski definition) is 1. The minimum Gasteiger partial charge on any atom is -0.390 e. The lowest BCUT2D eigenvalue weighted by molar-refractivity contribution is -0.0964. The smallest absolute Gasteiger partial charge is 0.0660 e. The molecule has 15 heavy (non-hydrogen) atoms. The summed E-state index contributed by atoms with van der Waals surface area (Å²) in [6.45, 7) is 13.6. The van der Waals surface area contributed by atoms with Gasteiger partial charge in [-0.2, -0.15) is 0 Å². The third kappa shape index (κ3) is 3.79. The van der Waals surface area contributed by atoms with E-state index in [2.05, 4.69) is 41.5 Å². The summed E-state index contributed by atoms with van der Waals surface area (Å²) in [6, 6.07) is 0. The van der Waals surface area contributed by atoms with Gasteiger partial charge in [-0.1, -0.05) is 41.5 Å². The molecule has 0 unspecified atom stereocenters. The predicted molar refractivity (Wildman–Crippen MR) is 65.8 cm³/mol. The lowest BCUT2D eigenvalue weighted by Crippen LogP contribution is -2.46. The van der Waals surface area contributed by atoms with Crippen LogP contribution in [0, 0.1) is 16.7 Å². The molecule has 1 saturated carbocycles.